The molecule has 0 heterocycles. The third-order valence-corrected chi connectivity index (χ3v) is 4.16. The molecule has 20 heavy (non-hydrogen) atoms. The fourth-order valence-electron chi connectivity index (χ4n) is 2.47. The summed E-state index contributed by atoms with van der Waals surface area (Å²) in [6, 6.07) is 10.9. The minimum Gasteiger partial charge on any atom is -0.494 e. The van der Waals surface area contributed by atoms with Crippen LogP contribution < -0.4 is 10.1 Å². The fourth-order valence-corrected chi connectivity index (χ4v) is 2.47. The Kier molecular flexibility index (Phi) is 5.47. The van der Waals surface area contributed by atoms with Crippen molar-refractivity contribution >= 4 is 0 Å². The van der Waals surface area contributed by atoms with E-state index in [0.717, 1.165) is 37.3 Å². The van der Waals surface area contributed by atoms with Gasteiger partial charge in [0.1, 0.15) is 5.75 Å². The van der Waals surface area contributed by atoms with Gasteiger partial charge >= 0.3 is 0 Å². The summed E-state index contributed by atoms with van der Waals surface area (Å²) in [5.41, 5.74) is 0.370. The normalized spacial score (nSPS) is 16.9. The predicted molar refractivity (Wildman–Crippen MR) is 85.1 cm³/mol. The molecule has 1 aliphatic rings. The van der Waals surface area contributed by atoms with Gasteiger partial charge < -0.3 is 10.1 Å². The average Bonchev–Trinajstić information content (AvgIpc) is 3.21. The highest BCUT2D eigenvalue weighted by atomic mass is 16.5. The van der Waals surface area contributed by atoms with Gasteiger partial charge in [0.05, 0.1) is 6.61 Å². The maximum absolute atomic E-state index is 5.79. The molecular formula is C18H29NO. The molecule has 0 aromatic heterocycles. The van der Waals surface area contributed by atoms with Crippen molar-refractivity contribution in [1.82, 2.24) is 5.32 Å². The van der Waals surface area contributed by atoms with Crippen LogP contribution in [0.25, 0.3) is 0 Å². The lowest BCUT2D eigenvalue weighted by atomic mass is 9.78. The first kappa shape index (κ1) is 15.4. The molecule has 1 aromatic rings. The van der Waals surface area contributed by atoms with Crippen LogP contribution in [0, 0.1) is 11.3 Å². The first-order chi connectivity index (χ1) is 9.55. The number of para-hydroxylation sites is 1. The van der Waals surface area contributed by atoms with Crippen molar-refractivity contribution in [2.24, 2.45) is 11.3 Å². The summed E-state index contributed by atoms with van der Waals surface area (Å²) < 4.78 is 5.79. The lowest BCUT2D eigenvalue weighted by Crippen LogP contribution is -2.33. The number of hydrogen-bond acceptors (Lipinski definition) is 2. The highest BCUT2D eigenvalue weighted by Crippen LogP contribution is 2.30. The Morgan fingerprint density at radius 2 is 1.90 bits per heavy atom. The molecule has 0 saturated heterocycles. The molecule has 0 spiro atoms. The molecule has 2 heteroatoms. The van der Waals surface area contributed by atoms with Gasteiger partial charge in [0.15, 0.2) is 0 Å². The summed E-state index contributed by atoms with van der Waals surface area (Å²) in [6.07, 6.45) is 5.10. The number of nitrogens with one attached hydrogen (secondary N) is 1. The zero-order valence-electron chi connectivity index (χ0n) is 13.2. The molecule has 1 aliphatic carbocycles. The van der Waals surface area contributed by atoms with Gasteiger partial charge in [-0.25, -0.2) is 0 Å². The number of hydrogen-bond donors (Lipinski definition) is 1. The third kappa shape index (κ3) is 5.54. The summed E-state index contributed by atoms with van der Waals surface area (Å²) in [5, 5.41) is 3.68. The van der Waals surface area contributed by atoms with Gasteiger partial charge in [-0.3, -0.25) is 0 Å². The van der Waals surface area contributed by atoms with Gasteiger partial charge in [-0.2, -0.15) is 0 Å². The molecule has 0 aliphatic heterocycles. The standard InChI is InChI=1S/C18H29NO/c1-18(2,3)15(14-19-16-11-12-16)8-7-13-20-17-9-5-4-6-10-17/h4-6,9-10,15-16,19H,7-8,11-14H2,1-3H3. The molecule has 112 valence electrons. The van der Waals surface area contributed by atoms with Crippen molar-refractivity contribution in [1.29, 1.82) is 0 Å². The molecule has 1 unspecified atom stereocenters. The maximum atomic E-state index is 5.79. The predicted octanol–water partition coefficient (Wildman–Crippen LogP) is 4.26. The molecule has 1 N–H and O–H groups in total. The lowest BCUT2D eigenvalue weighted by molar-refractivity contribution is 0.198. The molecular weight excluding hydrogens is 246 g/mol. The van der Waals surface area contributed by atoms with Gasteiger partial charge in [-0.05, 0) is 55.7 Å². The second-order valence-corrected chi connectivity index (χ2v) is 7.05. The third-order valence-electron chi connectivity index (χ3n) is 4.16. The first-order valence-corrected chi connectivity index (χ1v) is 7.97. The Morgan fingerprint density at radius 1 is 1.20 bits per heavy atom. The minimum atomic E-state index is 0.370. The van der Waals surface area contributed by atoms with Crippen molar-refractivity contribution in [3.8, 4) is 5.75 Å². The maximum Gasteiger partial charge on any atom is 0.119 e. The van der Waals surface area contributed by atoms with E-state index in [2.05, 4.69) is 26.1 Å². The van der Waals surface area contributed by atoms with Gasteiger partial charge in [0.25, 0.3) is 0 Å². The summed E-state index contributed by atoms with van der Waals surface area (Å²) in [4.78, 5) is 0. The van der Waals surface area contributed by atoms with Crippen molar-refractivity contribution in [2.45, 2.75) is 52.5 Å². The smallest absolute Gasteiger partial charge is 0.119 e. The van der Waals surface area contributed by atoms with E-state index in [1.807, 2.05) is 30.3 Å². The number of benzene rings is 1. The van der Waals surface area contributed by atoms with Crippen LogP contribution in [0.1, 0.15) is 46.5 Å². The highest BCUT2D eigenvalue weighted by molar-refractivity contribution is 5.20. The van der Waals surface area contributed by atoms with Crippen LogP contribution in [-0.2, 0) is 0 Å². The average molecular weight is 275 g/mol. The van der Waals surface area contributed by atoms with E-state index in [-0.39, 0.29) is 0 Å². The van der Waals surface area contributed by atoms with E-state index in [4.69, 9.17) is 4.74 Å². The summed E-state index contributed by atoms with van der Waals surface area (Å²) in [6.45, 7) is 9.03. The van der Waals surface area contributed by atoms with Crippen molar-refractivity contribution in [2.75, 3.05) is 13.2 Å². The van der Waals surface area contributed by atoms with Crippen LogP contribution in [-0.4, -0.2) is 19.2 Å². The lowest BCUT2D eigenvalue weighted by Gasteiger charge is -2.31. The second kappa shape index (κ2) is 7.12. The Labute approximate surface area is 123 Å². The Morgan fingerprint density at radius 3 is 2.50 bits per heavy atom. The zero-order chi connectivity index (χ0) is 14.4. The Bertz CT molecular complexity index is 378. The van der Waals surface area contributed by atoms with Crippen LogP contribution in [0.3, 0.4) is 0 Å². The highest BCUT2D eigenvalue weighted by Gasteiger charge is 2.27. The summed E-state index contributed by atoms with van der Waals surface area (Å²) in [5.74, 6) is 1.71. The van der Waals surface area contributed by atoms with Crippen LogP contribution >= 0.6 is 0 Å². The monoisotopic (exact) mass is 275 g/mol. The summed E-state index contributed by atoms with van der Waals surface area (Å²) >= 11 is 0. The largest absolute Gasteiger partial charge is 0.494 e. The SMILES string of the molecule is CC(C)(C)C(CCCOc1ccccc1)CNC1CC1. The first-order valence-electron chi connectivity index (χ1n) is 7.97. The Hall–Kier alpha value is -1.02. The molecule has 1 atom stereocenters. The van der Waals surface area contributed by atoms with E-state index in [9.17, 15) is 0 Å². The number of rotatable bonds is 8. The second-order valence-electron chi connectivity index (χ2n) is 7.05. The molecule has 0 amide bonds. The zero-order valence-corrected chi connectivity index (χ0v) is 13.2. The molecule has 1 saturated carbocycles. The molecule has 2 rings (SSSR count). The summed E-state index contributed by atoms with van der Waals surface area (Å²) in [7, 11) is 0. The molecule has 0 radical (unpaired) electrons. The van der Waals surface area contributed by atoms with Gasteiger partial charge in [-0.15, -0.1) is 0 Å². The van der Waals surface area contributed by atoms with Crippen LogP contribution in [0.2, 0.25) is 0 Å². The Balaban J connectivity index is 1.68. The van der Waals surface area contributed by atoms with Crippen LogP contribution in [0.15, 0.2) is 30.3 Å². The van der Waals surface area contributed by atoms with Gasteiger partial charge in [0, 0.05) is 6.04 Å². The van der Waals surface area contributed by atoms with Crippen LogP contribution in [0.5, 0.6) is 5.75 Å². The molecule has 0 bridgehead atoms. The van der Waals surface area contributed by atoms with Crippen molar-refractivity contribution in [3.05, 3.63) is 30.3 Å². The van der Waals surface area contributed by atoms with E-state index in [1.165, 1.54) is 19.3 Å². The van der Waals surface area contributed by atoms with E-state index >= 15 is 0 Å². The van der Waals surface area contributed by atoms with Crippen LogP contribution in [0.4, 0.5) is 0 Å². The van der Waals surface area contributed by atoms with Gasteiger partial charge in [-0.1, -0.05) is 39.0 Å². The van der Waals surface area contributed by atoms with E-state index in [1.54, 1.807) is 0 Å². The molecule has 1 fully saturated rings. The van der Waals surface area contributed by atoms with Gasteiger partial charge in [0.2, 0.25) is 0 Å². The molecule has 2 nitrogen and oxygen atoms in total. The quantitative estimate of drug-likeness (QED) is 0.716. The van der Waals surface area contributed by atoms with Crippen molar-refractivity contribution in [3.63, 3.8) is 0 Å². The fraction of sp³-hybridized carbons (Fsp3) is 0.667. The minimum absolute atomic E-state index is 0.370. The van der Waals surface area contributed by atoms with Crippen molar-refractivity contribution < 1.29 is 4.74 Å². The van der Waals surface area contributed by atoms with E-state index in [0.29, 0.717) is 5.41 Å². The molecule has 1 aromatic carbocycles. The topological polar surface area (TPSA) is 21.3 Å². The number of ether oxygens (including phenoxy) is 1. The van der Waals surface area contributed by atoms with E-state index < -0.39 is 0 Å².